The number of fused-ring (bicyclic) bond motifs is 3. The first-order chi connectivity index (χ1) is 27.6. The Morgan fingerprint density at radius 3 is 1.95 bits per heavy atom. The van der Waals surface area contributed by atoms with E-state index in [1.54, 1.807) is 82.3 Å². The van der Waals surface area contributed by atoms with Crippen LogP contribution >= 0.6 is 0 Å². The molecule has 0 radical (unpaired) electrons. The topological polar surface area (TPSA) is 94.3 Å². The summed E-state index contributed by atoms with van der Waals surface area (Å²) in [6.45, 7) is 6.50. The maximum absolute atomic E-state index is 14.1. The number of alkyl halides is 6. The Hall–Kier alpha value is -5.59. The van der Waals surface area contributed by atoms with E-state index in [-0.39, 0.29) is 11.3 Å². The second kappa shape index (κ2) is 15.9. The Labute approximate surface area is 338 Å². The number of methoxy groups -OCH3 is 1. The number of nitrogens with zero attached hydrogens (tertiary/aromatic N) is 1. The third kappa shape index (κ3) is 8.74. The first kappa shape index (κ1) is 43.0. The van der Waals surface area contributed by atoms with Crippen molar-refractivity contribution in [1.29, 1.82) is 0 Å². The van der Waals surface area contributed by atoms with Crippen molar-refractivity contribution in [3.8, 4) is 11.5 Å². The average Bonchev–Trinajstić information content (AvgIpc) is 3.17. The van der Waals surface area contributed by atoms with E-state index in [0.717, 1.165) is 21.5 Å². The molecule has 0 amide bonds. The number of anilines is 1. The van der Waals surface area contributed by atoms with Gasteiger partial charge in [-0.05, 0) is 92.7 Å². The van der Waals surface area contributed by atoms with E-state index in [1.165, 1.54) is 25.3 Å². The van der Waals surface area contributed by atoms with E-state index in [2.05, 4.69) is 10.3 Å². The van der Waals surface area contributed by atoms with Crippen LogP contribution in [0.5, 0.6) is 11.5 Å². The standard InChI is InChI=1S/C24H24F3NO2.C23H22F3NO2/c1-22(2,20-10-6-7-11-21(20)30-3)15-23(29,24(25,26)27)16-28-19-13-12-17-8-4-5-9-18(17)14-19;1-21(2)13-22(29,23(24,25)26)20(17-8-5-9-18(28)19(17)21)27-16-11-10-14-6-3-4-7-15(14)12-16/h4-14,16,29H,15H2,1-3H3;3-12,20,27-29H,13H2,1-2H3. The molecule has 310 valence electrons. The van der Waals surface area contributed by atoms with Crippen molar-refractivity contribution < 1.29 is 46.4 Å². The first-order valence-electron chi connectivity index (χ1n) is 18.9. The first-order valence-corrected chi connectivity index (χ1v) is 18.9. The summed E-state index contributed by atoms with van der Waals surface area (Å²) in [4.78, 5) is 3.99. The molecule has 0 aliphatic heterocycles. The molecule has 12 heteroatoms. The number of hydrogen-bond acceptors (Lipinski definition) is 6. The zero-order valence-electron chi connectivity index (χ0n) is 33.2. The van der Waals surface area contributed by atoms with Crippen LogP contribution in [0.15, 0.2) is 132 Å². The van der Waals surface area contributed by atoms with E-state index in [0.29, 0.717) is 34.5 Å². The highest BCUT2D eigenvalue weighted by molar-refractivity contribution is 5.87. The highest BCUT2D eigenvalue weighted by Crippen LogP contribution is 2.56. The van der Waals surface area contributed by atoms with E-state index >= 15 is 0 Å². The number of aliphatic hydroxyl groups is 2. The molecule has 1 aliphatic carbocycles. The lowest BCUT2D eigenvalue weighted by molar-refractivity contribution is -0.275. The maximum Gasteiger partial charge on any atom is 0.422 e. The maximum atomic E-state index is 14.1. The molecule has 0 aromatic heterocycles. The summed E-state index contributed by atoms with van der Waals surface area (Å²) in [6.07, 6.45) is -10.3. The number of aromatic hydroxyl groups is 1. The van der Waals surface area contributed by atoms with Gasteiger partial charge in [-0.15, -0.1) is 0 Å². The van der Waals surface area contributed by atoms with E-state index in [1.807, 2.05) is 54.6 Å². The second-order valence-electron chi connectivity index (χ2n) is 16.3. The number of phenolic OH excluding ortho intramolecular Hbond substituents is 1. The average molecular weight is 817 g/mol. The van der Waals surface area contributed by atoms with Crippen molar-refractivity contribution in [3.05, 3.63) is 144 Å². The van der Waals surface area contributed by atoms with Crippen molar-refractivity contribution in [2.45, 2.75) is 81.0 Å². The summed E-state index contributed by atoms with van der Waals surface area (Å²) in [5.74, 6) is 0.403. The fourth-order valence-corrected chi connectivity index (χ4v) is 8.19. The van der Waals surface area contributed by atoms with Gasteiger partial charge in [-0.25, -0.2) is 0 Å². The van der Waals surface area contributed by atoms with Gasteiger partial charge in [0.25, 0.3) is 0 Å². The van der Waals surface area contributed by atoms with E-state index in [9.17, 15) is 41.7 Å². The number of phenols is 1. The van der Waals surface area contributed by atoms with Gasteiger partial charge < -0.3 is 25.4 Å². The van der Waals surface area contributed by atoms with Crippen LogP contribution in [0.25, 0.3) is 21.5 Å². The number of para-hydroxylation sites is 1. The Morgan fingerprint density at radius 1 is 0.763 bits per heavy atom. The van der Waals surface area contributed by atoms with Gasteiger partial charge in [-0.1, -0.05) is 119 Å². The van der Waals surface area contributed by atoms with Crippen molar-refractivity contribution >= 4 is 39.1 Å². The number of rotatable bonds is 8. The number of nitrogens with one attached hydrogen (secondary N) is 1. The van der Waals surface area contributed by atoms with Crippen molar-refractivity contribution in [2.75, 3.05) is 12.4 Å². The molecule has 0 saturated heterocycles. The largest absolute Gasteiger partial charge is 0.508 e. The van der Waals surface area contributed by atoms with Gasteiger partial charge in [0, 0.05) is 17.5 Å². The summed E-state index contributed by atoms with van der Waals surface area (Å²) in [7, 11) is 1.46. The minimum atomic E-state index is -4.90. The Kier molecular flexibility index (Phi) is 11.6. The molecule has 0 fully saturated rings. The van der Waals surface area contributed by atoms with E-state index < -0.39 is 53.3 Å². The van der Waals surface area contributed by atoms with Crippen molar-refractivity contribution in [2.24, 2.45) is 4.99 Å². The number of aliphatic imine (C=N–C) groups is 1. The van der Waals surface area contributed by atoms with Crippen LogP contribution in [0, 0.1) is 0 Å². The van der Waals surface area contributed by atoms with Gasteiger partial charge in [-0.3, -0.25) is 4.99 Å². The van der Waals surface area contributed by atoms with Crippen LogP contribution in [0.4, 0.5) is 37.7 Å². The molecule has 0 saturated carbocycles. The molecule has 0 spiro atoms. The summed E-state index contributed by atoms with van der Waals surface area (Å²) in [5.41, 5.74) is -6.15. The fourth-order valence-electron chi connectivity index (χ4n) is 8.19. The molecule has 3 unspecified atom stereocenters. The van der Waals surface area contributed by atoms with Gasteiger partial charge in [0.15, 0.2) is 11.2 Å². The van der Waals surface area contributed by atoms with Crippen LogP contribution in [0.3, 0.4) is 0 Å². The Bertz CT molecular complexity index is 2480. The molecule has 59 heavy (non-hydrogen) atoms. The van der Waals surface area contributed by atoms with Gasteiger partial charge in [-0.2, -0.15) is 26.3 Å². The van der Waals surface area contributed by atoms with Crippen LogP contribution in [0.1, 0.15) is 63.3 Å². The number of ether oxygens (including phenoxy) is 1. The normalized spacial score (nSPS) is 19.1. The molecule has 4 N–H and O–H groups in total. The molecule has 6 nitrogen and oxygen atoms in total. The van der Waals surface area contributed by atoms with Gasteiger partial charge in [0.2, 0.25) is 0 Å². The molecular weight excluding hydrogens is 771 g/mol. The summed E-state index contributed by atoms with van der Waals surface area (Å²) >= 11 is 0. The molecule has 6 aromatic carbocycles. The highest BCUT2D eigenvalue weighted by atomic mass is 19.4. The molecule has 0 heterocycles. The van der Waals surface area contributed by atoms with Crippen molar-refractivity contribution in [3.63, 3.8) is 0 Å². The summed E-state index contributed by atoms with van der Waals surface area (Å²) < 4.78 is 89.4. The fraction of sp³-hybridized carbons (Fsp3) is 0.298. The highest BCUT2D eigenvalue weighted by Gasteiger charge is 2.64. The minimum Gasteiger partial charge on any atom is -0.508 e. The van der Waals surface area contributed by atoms with Gasteiger partial charge in [0.1, 0.15) is 11.5 Å². The SMILES string of the molecule is CC1(C)CC(O)(C(F)(F)F)C(Nc2ccc3ccccc3c2)c2cccc(O)c21.COc1ccccc1C(C)(C)CC(O)(C=Nc1ccc2ccccc2c1)C(F)(F)F. The smallest absolute Gasteiger partial charge is 0.422 e. The minimum absolute atomic E-state index is 0.0676. The van der Waals surface area contributed by atoms with Crippen LogP contribution in [-0.4, -0.2) is 52.2 Å². The number of halogens is 6. The molecule has 1 aliphatic rings. The lowest BCUT2D eigenvalue weighted by Gasteiger charge is -2.49. The Morgan fingerprint density at radius 2 is 1.34 bits per heavy atom. The Balaban J connectivity index is 0.000000198. The van der Waals surface area contributed by atoms with Crippen LogP contribution < -0.4 is 10.1 Å². The lowest BCUT2D eigenvalue weighted by Crippen LogP contribution is -2.58. The molecule has 7 rings (SSSR count). The second-order valence-corrected chi connectivity index (χ2v) is 16.3. The van der Waals surface area contributed by atoms with E-state index in [4.69, 9.17) is 4.74 Å². The quantitative estimate of drug-likeness (QED) is 0.0907. The zero-order chi connectivity index (χ0) is 43.0. The predicted molar refractivity (Wildman–Crippen MR) is 221 cm³/mol. The predicted octanol–water partition coefficient (Wildman–Crippen LogP) is 11.9. The number of hydrogen-bond donors (Lipinski definition) is 4. The van der Waals surface area contributed by atoms with Gasteiger partial charge in [0.05, 0.1) is 18.8 Å². The van der Waals surface area contributed by atoms with Crippen LogP contribution in [0.2, 0.25) is 0 Å². The third-order valence-electron chi connectivity index (χ3n) is 11.0. The molecule has 3 atom stereocenters. The number of benzene rings is 6. The zero-order valence-corrected chi connectivity index (χ0v) is 33.2. The third-order valence-corrected chi connectivity index (χ3v) is 11.0. The lowest BCUT2D eigenvalue weighted by atomic mass is 9.63. The summed E-state index contributed by atoms with van der Waals surface area (Å²) in [6, 6.07) is 35.3. The van der Waals surface area contributed by atoms with Crippen molar-refractivity contribution in [1.82, 2.24) is 0 Å². The molecule has 6 aromatic rings. The summed E-state index contributed by atoms with van der Waals surface area (Å²) in [5, 5.41) is 38.6. The molecule has 0 bridgehead atoms. The van der Waals surface area contributed by atoms with Crippen LogP contribution in [-0.2, 0) is 10.8 Å². The molecular formula is C47H46F6N2O4. The van der Waals surface area contributed by atoms with Gasteiger partial charge >= 0.3 is 12.4 Å². The monoisotopic (exact) mass is 816 g/mol.